The lowest BCUT2D eigenvalue weighted by atomic mass is 9.83. The van der Waals surface area contributed by atoms with Crippen molar-refractivity contribution in [3.05, 3.63) is 106 Å². The molecule has 0 spiro atoms. The molecule has 3 aliphatic heterocycles. The van der Waals surface area contributed by atoms with Gasteiger partial charge in [0.25, 0.3) is 0 Å². The molecule has 0 amide bonds. The van der Waals surface area contributed by atoms with E-state index in [2.05, 4.69) is 117 Å². The van der Waals surface area contributed by atoms with Crippen LogP contribution >= 0.6 is 15.9 Å². The number of hydrogen-bond donors (Lipinski definition) is 0. The first-order chi connectivity index (χ1) is 20.2. The number of rotatable bonds is 4. The molecule has 0 bridgehead atoms. The fraction of sp³-hybridized carbons (Fsp3) is 0.351. The molecule has 2 fully saturated rings. The first-order valence-corrected chi connectivity index (χ1v) is 16.3. The molecule has 4 aromatic carbocycles. The zero-order valence-corrected chi connectivity index (χ0v) is 26.0. The van der Waals surface area contributed by atoms with Crippen LogP contribution in [-0.2, 0) is 5.60 Å². The molecule has 2 saturated heterocycles. The highest BCUT2D eigenvalue weighted by atomic mass is 79.9. The largest absolute Gasteiger partial charge is 0.473 e. The maximum absolute atomic E-state index is 7.08. The zero-order valence-electron chi connectivity index (χ0n) is 24.4. The molecule has 0 saturated carbocycles. The maximum Gasteiger partial charge on any atom is 0.178 e. The Morgan fingerprint density at radius 1 is 0.634 bits per heavy atom. The normalized spacial score (nSPS) is 17.8. The molecule has 0 unspecified atom stereocenters. The summed E-state index contributed by atoms with van der Waals surface area (Å²) in [5.74, 6) is 0.924. The molecule has 0 aromatic heterocycles. The van der Waals surface area contributed by atoms with Crippen LogP contribution in [0.2, 0.25) is 0 Å². The molecule has 3 heterocycles. The minimum atomic E-state index is -0.684. The van der Waals surface area contributed by atoms with Crippen molar-refractivity contribution in [2.75, 3.05) is 36.0 Å². The Labute approximate surface area is 254 Å². The van der Waals surface area contributed by atoms with Crippen molar-refractivity contribution in [2.24, 2.45) is 0 Å². The number of hydrogen-bond acceptors (Lipinski definition) is 3. The second kappa shape index (κ2) is 12.3. The molecule has 3 nitrogen and oxygen atoms in total. The van der Waals surface area contributed by atoms with Crippen molar-refractivity contribution in [3.8, 4) is 5.75 Å². The van der Waals surface area contributed by atoms with Gasteiger partial charge in [0.2, 0.25) is 0 Å². The van der Waals surface area contributed by atoms with Gasteiger partial charge in [0, 0.05) is 58.7 Å². The lowest BCUT2D eigenvalue weighted by Gasteiger charge is -2.37. The average Bonchev–Trinajstić information content (AvgIpc) is 3.06. The van der Waals surface area contributed by atoms with Gasteiger partial charge in [0.15, 0.2) is 5.60 Å². The minimum absolute atomic E-state index is 0.684. The summed E-state index contributed by atoms with van der Waals surface area (Å²) < 4.78 is 8.17. The van der Waals surface area contributed by atoms with E-state index in [0.29, 0.717) is 0 Å². The van der Waals surface area contributed by atoms with Crippen molar-refractivity contribution >= 4 is 44.2 Å². The summed E-state index contributed by atoms with van der Waals surface area (Å²) in [6.07, 6.45) is 12.3. The van der Waals surface area contributed by atoms with Gasteiger partial charge >= 0.3 is 0 Å². The molecular formula is C37H41BrN2O. The number of ether oxygens (including phenoxy) is 1. The van der Waals surface area contributed by atoms with E-state index in [0.717, 1.165) is 53.1 Å². The molecule has 41 heavy (non-hydrogen) atoms. The van der Waals surface area contributed by atoms with E-state index in [9.17, 15) is 0 Å². The summed E-state index contributed by atoms with van der Waals surface area (Å²) in [5.41, 5.74) is 5.40. The first kappa shape index (κ1) is 27.9. The Hall–Kier alpha value is -3.24. The van der Waals surface area contributed by atoms with Gasteiger partial charge < -0.3 is 14.5 Å². The van der Waals surface area contributed by atoms with Gasteiger partial charge in [-0.25, -0.2) is 0 Å². The average molecular weight is 610 g/mol. The van der Waals surface area contributed by atoms with E-state index in [1.807, 2.05) is 13.8 Å². The highest BCUT2D eigenvalue weighted by Crippen LogP contribution is 2.45. The van der Waals surface area contributed by atoms with Crippen molar-refractivity contribution in [3.63, 3.8) is 0 Å². The molecule has 4 heteroatoms. The van der Waals surface area contributed by atoms with Crippen LogP contribution in [0.5, 0.6) is 5.75 Å². The number of fused-ring (bicyclic) bond motifs is 3. The molecule has 3 aliphatic rings. The molecule has 0 radical (unpaired) electrons. The SMILES string of the molecule is Brc1ccc2c3c(ccc2c1)OC(c1ccc(N2CCCCC2)cc1)(c1ccc(N2CCCCC2)cc1)C=C3.CC. The Morgan fingerprint density at radius 2 is 1.17 bits per heavy atom. The van der Waals surface area contributed by atoms with E-state index < -0.39 is 5.60 Å². The van der Waals surface area contributed by atoms with Crippen molar-refractivity contribution < 1.29 is 4.74 Å². The van der Waals surface area contributed by atoms with E-state index in [1.165, 1.54) is 60.7 Å². The van der Waals surface area contributed by atoms with E-state index in [4.69, 9.17) is 4.74 Å². The van der Waals surface area contributed by atoms with Gasteiger partial charge in [-0.2, -0.15) is 0 Å². The van der Waals surface area contributed by atoms with Crippen LogP contribution in [0.15, 0.2) is 89.4 Å². The number of piperidine rings is 2. The Morgan fingerprint density at radius 3 is 1.71 bits per heavy atom. The molecule has 212 valence electrons. The van der Waals surface area contributed by atoms with Crippen LogP contribution in [0.3, 0.4) is 0 Å². The van der Waals surface area contributed by atoms with E-state index in [-0.39, 0.29) is 0 Å². The maximum atomic E-state index is 7.08. The second-order valence-electron chi connectivity index (χ2n) is 11.2. The molecule has 7 rings (SSSR count). The third-order valence-electron chi connectivity index (χ3n) is 8.77. The topological polar surface area (TPSA) is 15.7 Å². The number of halogens is 1. The summed E-state index contributed by atoms with van der Waals surface area (Å²) in [7, 11) is 0. The third-order valence-corrected chi connectivity index (χ3v) is 9.27. The zero-order chi connectivity index (χ0) is 28.2. The van der Waals surface area contributed by atoms with Crippen LogP contribution < -0.4 is 14.5 Å². The van der Waals surface area contributed by atoms with Crippen molar-refractivity contribution in [1.29, 1.82) is 0 Å². The predicted molar refractivity (Wildman–Crippen MR) is 178 cm³/mol. The standard InChI is InChI=1S/C35H35BrN2O.C2H6/c36-29-12-17-32-26(25-29)7-18-34-33(32)19-20-35(39-34,27-8-13-30(14-9-27)37-21-3-1-4-22-37)28-10-15-31(16-11-28)38-23-5-2-6-24-38;1-2/h7-20,25H,1-6,21-24H2;1-2H3. The quantitative estimate of drug-likeness (QED) is 0.229. The fourth-order valence-electron chi connectivity index (χ4n) is 6.59. The summed E-state index contributed by atoms with van der Waals surface area (Å²) in [6.45, 7) is 8.59. The lowest BCUT2D eigenvalue weighted by molar-refractivity contribution is 0.161. The molecule has 0 aliphatic carbocycles. The number of anilines is 2. The smallest absolute Gasteiger partial charge is 0.178 e. The monoisotopic (exact) mass is 608 g/mol. The van der Waals surface area contributed by atoms with Crippen LogP contribution in [0, 0.1) is 0 Å². The highest BCUT2D eigenvalue weighted by molar-refractivity contribution is 9.10. The van der Waals surface area contributed by atoms with Gasteiger partial charge in [-0.1, -0.05) is 66.2 Å². The first-order valence-electron chi connectivity index (χ1n) is 15.5. The van der Waals surface area contributed by atoms with Gasteiger partial charge in [0.05, 0.1) is 0 Å². The molecule has 0 atom stereocenters. The van der Waals surface area contributed by atoms with Crippen LogP contribution in [-0.4, -0.2) is 26.2 Å². The van der Waals surface area contributed by atoms with E-state index >= 15 is 0 Å². The summed E-state index contributed by atoms with van der Waals surface area (Å²) in [5, 5.41) is 2.42. The van der Waals surface area contributed by atoms with Gasteiger partial charge in [-0.3, -0.25) is 0 Å². The number of benzene rings is 4. The van der Waals surface area contributed by atoms with E-state index in [1.54, 1.807) is 0 Å². The molecule has 0 N–H and O–H groups in total. The third kappa shape index (κ3) is 5.51. The van der Waals surface area contributed by atoms with Crippen LogP contribution in [0.4, 0.5) is 11.4 Å². The molecule has 4 aromatic rings. The summed E-state index contributed by atoms with van der Waals surface area (Å²) in [4.78, 5) is 5.04. The van der Waals surface area contributed by atoms with Crippen molar-refractivity contribution in [1.82, 2.24) is 0 Å². The van der Waals surface area contributed by atoms with Crippen LogP contribution in [0.25, 0.3) is 16.8 Å². The summed E-state index contributed by atoms with van der Waals surface area (Å²) >= 11 is 3.62. The molecular weight excluding hydrogens is 568 g/mol. The Balaban J connectivity index is 0.00000148. The fourth-order valence-corrected chi connectivity index (χ4v) is 6.97. The Bertz CT molecular complexity index is 1440. The predicted octanol–water partition coefficient (Wildman–Crippen LogP) is 9.96. The summed E-state index contributed by atoms with van der Waals surface area (Å²) in [6, 6.07) is 29.0. The lowest BCUT2D eigenvalue weighted by Crippen LogP contribution is -2.35. The highest BCUT2D eigenvalue weighted by Gasteiger charge is 2.37. The minimum Gasteiger partial charge on any atom is -0.473 e. The van der Waals surface area contributed by atoms with Crippen molar-refractivity contribution in [2.45, 2.75) is 58.0 Å². The van der Waals surface area contributed by atoms with Gasteiger partial charge in [-0.05, 0) is 104 Å². The number of nitrogens with zero attached hydrogens (tertiary/aromatic N) is 2. The van der Waals surface area contributed by atoms with Gasteiger partial charge in [-0.15, -0.1) is 0 Å². The van der Waals surface area contributed by atoms with Gasteiger partial charge in [0.1, 0.15) is 5.75 Å². The van der Waals surface area contributed by atoms with Crippen LogP contribution in [0.1, 0.15) is 69.1 Å². The Kier molecular flexibility index (Phi) is 8.39. The second-order valence-corrected chi connectivity index (χ2v) is 12.1.